The lowest BCUT2D eigenvalue weighted by atomic mass is 9.86. The van der Waals surface area contributed by atoms with Gasteiger partial charge in [-0.1, -0.05) is 40.7 Å². The van der Waals surface area contributed by atoms with E-state index in [1.165, 1.54) is 11.3 Å². The number of thiophene rings is 1. The number of piperazine rings is 1. The van der Waals surface area contributed by atoms with Crippen molar-refractivity contribution in [3.8, 4) is 0 Å². The summed E-state index contributed by atoms with van der Waals surface area (Å²) >= 11 is 1.91. The second kappa shape index (κ2) is 6.80. The van der Waals surface area contributed by atoms with Crippen LogP contribution < -0.4 is 5.32 Å². The molecule has 3 heteroatoms. The molecule has 1 N–H and O–H groups in total. The first kappa shape index (κ1) is 17.0. The van der Waals surface area contributed by atoms with Gasteiger partial charge in [-0.2, -0.15) is 0 Å². The Morgan fingerprint density at radius 1 is 1.38 bits per heavy atom. The van der Waals surface area contributed by atoms with Gasteiger partial charge in [0.15, 0.2) is 0 Å². The fourth-order valence-corrected chi connectivity index (χ4v) is 4.56. The lowest BCUT2D eigenvalue weighted by molar-refractivity contribution is 0.00872. The van der Waals surface area contributed by atoms with Crippen molar-refractivity contribution >= 4 is 11.3 Å². The quantitative estimate of drug-likeness (QED) is 0.859. The van der Waals surface area contributed by atoms with Gasteiger partial charge in [0, 0.05) is 35.6 Å². The smallest absolute Gasteiger partial charge is 0.0468 e. The highest BCUT2D eigenvalue weighted by molar-refractivity contribution is 7.10. The van der Waals surface area contributed by atoms with Gasteiger partial charge < -0.3 is 5.32 Å². The zero-order valence-corrected chi connectivity index (χ0v) is 15.3. The molecule has 120 valence electrons. The average molecular weight is 309 g/mol. The van der Waals surface area contributed by atoms with Gasteiger partial charge in [0.25, 0.3) is 0 Å². The minimum atomic E-state index is 0.246. The molecule has 1 aromatic rings. The lowest BCUT2D eigenvalue weighted by Gasteiger charge is -2.51. The maximum Gasteiger partial charge on any atom is 0.0468 e. The predicted octanol–water partition coefficient (Wildman–Crippen LogP) is 4.54. The molecule has 1 saturated heterocycles. The van der Waals surface area contributed by atoms with E-state index in [1.807, 2.05) is 11.3 Å². The third-order valence-electron chi connectivity index (χ3n) is 5.07. The second-order valence-electron chi connectivity index (χ2n) is 7.48. The van der Waals surface area contributed by atoms with E-state index in [-0.39, 0.29) is 5.54 Å². The highest BCUT2D eigenvalue weighted by Crippen LogP contribution is 2.37. The minimum absolute atomic E-state index is 0.246. The number of rotatable bonds is 5. The Hall–Kier alpha value is -0.380. The molecule has 2 heterocycles. The molecule has 3 atom stereocenters. The fourth-order valence-electron chi connectivity index (χ4n) is 3.54. The highest BCUT2D eigenvalue weighted by Gasteiger charge is 2.40. The Morgan fingerprint density at radius 2 is 2.10 bits per heavy atom. The summed E-state index contributed by atoms with van der Waals surface area (Å²) in [5, 5.41) is 6.03. The molecule has 2 nitrogen and oxygen atoms in total. The Kier molecular flexibility index (Phi) is 5.50. The van der Waals surface area contributed by atoms with Crippen molar-refractivity contribution in [1.29, 1.82) is 0 Å². The Morgan fingerprint density at radius 3 is 2.57 bits per heavy atom. The molecule has 1 aliphatic rings. The molecule has 0 saturated carbocycles. The van der Waals surface area contributed by atoms with Crippen molar-refractivity contribution in [3.63, 3.8) is 0 Å². The minimum Gasteiger partial charge on any atom is -0.309 e. The fraction of sp³-hybridized carbons (Fsp3) is 0.778. The third-order valence-corrected chi connectivity index (χ3v) is 6.01. The van der Waals surface area contributed by atoms with Crippen LogP contribution in [0.15, 0.2) is 17.5 Å². The molecule has 0 bridgehead atoms. The summed E-state index contributed by atoms with van der Waals surface area (Å²) in [6, 6.07) is 5.68. The zero-order chi connectivity index (χ0) is 15.6. The van der Waals surface area contributed by atoms with Crippen molar-refractivity contribution in [1.82, 2.24) is 10.2 Å². The molecule has 3 unspecified atom stereocenters. The number of hydrogen-bond acceptors (Lipinski definition) is 3. The van der Waals surface area contributed by atoms with Crippen LogP contribution in [0, 0.1) is 11.8 Å². The van der Waals surface area contributed by atoms with Crippen molar-refractivity contribution in [2.75, 3.05) is 13.1 Å². The summed E-state index contributed by atoms with van der Waals surface area (Å²) in [7, 11) is 0. The molecule has 1 aromatic heterocycles. The third kappa shape index (κ3) is 3.69. The summed E-state index contributed by atoms with van der Waals surface area (Å²) in [5.74, 6) is 1.32. The van der Waals surface area contributed by atoms with E-state index in [2.05, 4.69) is 69.3 Å². The van der Waals surface area contributed by atoms with Gasteiger partial charge in [-0.15, -0.1) is 11.3 Å². The standard InChI is InChI=1S/C18H32N2S/c1-7-18(6)12-20(15(11-19-18)13(2)3)17(14(4)5)16-9-8-10-21-16/h8-10,13-15,17,19H,7,11-12H2,1-6H3. The molecule has 1 fully saturated rings. The highest BCUT2D eigenvalue weighted by atomic mass is 32.1. The first-order valence-corrected chi connectivity index (χ1v) is 9.30. The van der Waals surface area contributed by atoms with Crippen LogP contribution in [-0.2, 0) is 0 Å². The summed E-state index contributed by atoms with van der Waals surface area (Å²) in [5.41, 5.74) is 0.246. The maximum atomic E-state index is 3.81. The van der Waals surface area contributed by atoms with E-state index in [9.17, 15) is 0 Å². The van der Waals surface area contributed by atoms with Crippen LogP contribution in [0.3, 0.4) is 0 Å². The van der Waals surface area contributed by atoms with Gasteiger partial charge in [0.2, 0.25) is 0 Å². The molecule has 2 rings (SSSR count). The topological polar surface area (TPSA) is 15.3 Å². The van der Waals surface area contributed by atoms with E-state index in [1.54, 1.807) is 0 Å². The van der Waals surface area contributed by atoms with Crippen molar-refractivity contribution in [3.05, 3.63) is 22.4 Å². The summed E-state index contributed by atoms with van der Waals surface area (Å²) < 4.78 is 0. The monoisotopic (exact) mass is 308 g/mol. The molecule has 0 aromatic carbocycles. The summed E-state index contributed by atoms with van der Waals surface area (Å²) in [6.45, 7) is 16.4. The van der Waals surface area contributed by atoms with E-state index in [0.717, 1.165) is 13.1 Å². The van der Waals surface area contributed by atoms with Crippen molar-refractivity contribution in [2.24, 2.45) is 11.8 Å². The van der Waals surface area contributed by atoms with E-state index >= 15 is 0 Å². The van der Waals surface area contributed by atoms with E-state index < -0.39 is 0 Å². The van der Waals surface area contributed by atoms with Crippen molar-refractivity contribution < 1.29 is 0 Å². The van der Waals surface area contributed by atoms with Gasteiger partial charge in [-0.25, -0.2) is 0 Å². The van der Waals surface area contributed by atoms with Crippen LogP contribution >= 0.6 is 11.3 Å². The van der Waals surface area contributed by atoms with Crippen LogP contribution in [-0.4, -0.2) is 29.6 Å². The van der Waals surface area contributed by atoms with E-state index in [4.69, 9.17) is 0 Å². The number of nitrogens with one attached hydrogen (secondary N) is 1. The molecule has 0 aliphatic carbocycles. The Balaban J connectivity index is 2.32. The summed E-state index contributed by atoms with van der Waals surface area (Å²) in [6.07, 6.45) is 1.18. The van der Waals surface area contributed by atoms with E-state index in [0.29, 0.717) is 23.9 Å². The number of hydrogen-bond donors (Lipinski definition) is 1. The molecule has 0 amide bonds. The van der Waals surface area contributed by atoms with Crippen LogP contribution in [0.5, 0.6) is 0 Å². The maximum absolute atomic E-state index is 3.81. The molecular weight excluding hydrogens is 276 g/mol. The normalized spacial score (nSPS) is 29.2. The predicted molar refractivity (Wildman–Crippen MR) is 93.9 cm³/mol. The molecular formula is C18H32N2S. The molecule has 21 heavy (non-hydrogen) atoms. The Bertz CT molecular complexity index is 426. The first-order valence-electron chi connectivity index (χ1n) is 8.42. The number of nitrogens with zero attached hydrogens (tertiary/aromatic N) is 1. The zero-order valence-electron chi connectivity index (χ0n) is 14.5. The second-order valence-corrected chi connectivity index (χ2v) is 8.46. The summed E-state index contributed by atoms with van der Waals surface area (Å²) in [4.78, 5) is 4.32. The van der Waals surface area contributed by atoms with Gasteiger partial charge >= 0.3 is 0 Å². The molecule has 0 spiro atoms. The van der Waals surface area contributed by atoms with Crippen LogP contribution in [0.4, 0.5) is 0 Å². The van der Waals surface area contributed by atoms with Crippen LogP contribution in [0.1, 0.15) is 58.9 Å². The van der Waals surface area contributed by atoms with Crippen LogP contribution in [0.2, 0.25) is 0 Å². The SMILES string of the molecule is CCC1(C)CN(C(c2cccs2)C(C)C)C(C(C)C)CN1. The van der Waals surface area contributed by atoms with Gasteiger partial charge in [0.1, 0.15) is 0 Å². The Labute approximate surface area is 134 Å². The van der Waals surface area contributed by atoms with Gasteiger partial charge in [0.05, 0.1) is 0 Å². The van der Waals surface area contributed by atoms with Gasteiger partial charge in [-0.05, 0) is 36.6 Å². The van der Waals surface area contributed by atoms with Gasteiger partial charge in [-0.3, -0.25) is 4.90 Å². The molecule has 1 aliphatic heterocycles. The largest absolute Gasteiger partial charge is 0.309 e. The lowest BCUT2D eigenvalue weighted by Crippen LogP contribution is -2.64. The van der Waals surface area contributed by atoms with Crippen molar-refractivity contribution in [2.45, 2.75) is 65.6 Å². The average Bonchev–Trinajstić information content (AvgIpc) is 2.92. The molecule has 0 radical (unpaired) electrons. The van der Waals surface area contributed by atoms with Crippen LogP contribution in [0.25, 0.3) is 0 Å². The first-order chi connectivity index (χ1) is 9.88.